The number of halogens is 1. The molecule has 10 heteroatoms. The summed E-state index contributed by atoms with van der Waals surface area (Å²) in [5.74, 6) is 0.0230. The molecular weight excluding hydrogens is 547 g/mol. The van der Waals surface area contributed by atoms with Crippen LogP contribution in [0, 0.1) is 25.6 Å². The van der Waals surface area contributed by atoms with E-state index in [-0.39, 0.29) is 35.8 Å². The zero-order chi connectivity index (χ0) is 30.8. The first-order valence-electron chi connectivity index (χ1n) is 14.3. The molecule has 0 aliphatic carbocycles. The van der Waals surface area contributed by atoms with E-state index in [0.29, 0.717) is 47.0 Å². The predicted octanol–water partition coefficient (Wildman–Crippen LogP) is 6.03. The van der Waals surface area contributed by atoms with Gasteiger partial charge in [0.2, 0.25) is 5.91 Å². The summed E-state index contributed by atoms with van der Waals surface area (Å²) >= 11 is 0. The average Bonchev–Trinajstić information content (AvgIpc) is 3.33. The Kier molecular flexibility index (Phi) is 8.29. The van der Waals surface area contributed by atoms with Crippen LogP contribution in [0.1, 0.15) is 61.1 Å². The van der Waals surface area contributed by atoms with Crippen molar-refractivity contribution < 1.29 is 14.0 Å². The van der Waals surface area contributed by atoms with Crippen LogP contribution in [0.4, 0.5) is 10.2 Å². The smallest absolute Gasteiger partial charge is 0.294 e. The van der Waals surface area contributed by atoms with Crippen LogP contribution in [-0.4, -0.2) is 35.8 Å². The first-order valence-corrected chi connectivity index (χ1v) is 14.3. The number of carbonyl (C=O) groups is 2. The quantitative estimate of drug-likeness (QED) is 0.213. The van der Waals surface area contributed by atoms with E-state index < -0.39 is 5.56 Å². The van der Waals surface area contributed by atoms with Gasteiger partial charge in [-0.3, -0.25) is 19.0 Å². The average molecular weight is 581 g/mol. The summed E-state index contributed by atoms with van der Waals surface area (Å²) in [7, 11) is 0. The Bertz CT molecular complexity index is 1930. The summed E-state index contributed by atoms with van der Waals surface area (Å²) < 4.78 is 17.3. The molecule has 0 bridgehead atoms. The van der Waals surface area contributed by atoms with Crippen molar-refractivity contribution in [3.8, 4) is 17.1 Å². The van der Waals surface area contributed by atoms with Crippen molar-refractivity contribution >= 4 is 28.4 Å². The van der Waals surface area contributed by atoms with Crippen LogP contribution in [0.25, 0.3) is 28.0 Å². The number of ketones is 1. The van der Waals surface area contributed by atoms with E-state index in [4.69, 9.17) is 0 Å². The summed E-state index contributed by atoms with van der Waals surface area (Å²) in [5.41, 5.74) is 3.34. The Balaban J connectivity index is 1.64. The standard InChI is InChI=1S/C33H33FN6O3/c1-6-19(3)32(42)38-31-33(43)40(28(16-35-31)22-9-8-10-23(13-22)29(41)7-2)18-25-15-30(37-21(5)36-25)39-17-20(4)26-14-24(34)11-12-27(26)39/h8-17,19H,6-7,18H2,1-5H3,(H,35,38,42)/t19-/m1/s1. The third kappa shape index (κ3) is 5.99. The fraction of sp³-hybridized carbons (Fsp3) is 0.273. The SMILES string of the molecule is CCC(=O)c1cccc(-c2cnc(NC(=O)[C@H](C)CC)c(=O)n2Cc2cc(-n3cc(C)c4cc(F)ccc43)nc(C)n2)c1. The number of Topliss-reactive ketones (excluding diaryl/α,β-unsaturated/α-hetero) is 1. The molecule has 3 aromatic heterocycles. The van der Waals surface area contributed by atoms with E-state index in [1.807, 2.05) is 24.6 Å². The third-order valence-electron chi connectivity index (χ3n) is 7.57. The number of anilines is 1. The minimum Gasteiger partial charge on any atom is -0.306 e. The van der Waals surface area contributed by atoms with Gasteiger partial charge in [0.1, 0.15) is 17.5 Å². The van der Waals surface area contributed by atoms with E-state index in [1.54, 1.807) is 57.2 Å². The van der Waals surface area contributed by atoms with Gasteiger partial charge in [0.15, 0.2) is 11.6 Å². The zero-order valence-corrected chi connectivity index (χ0v) is 24.8. The predicted molar refractivity (Wildman–Crippen MR) is 164 cm³/mol. The minimum atomic E-state index is -0.503. The normalized spacial score (nSPS) is 12.0. The third-order valence-corrected chi connectivity index (χ3v) is 7.57. The highest BCUT2D eigenvalue weighted by molar-refractivity contribution is 5.97. The maximum atomic E-state index is 14.0. The number of benzene rings is 2. The van der Waals surface area contributed by atoms with Crippen LogP contribution in [-0.2, 0) is 11.3 Å². The fourth-order valence-corrected chi connectivity index (χ4v) is 4.98. The van der Waals surface area contributed by atoms with E-state index in [2.05, 4.69) is 20.3 Å². The number of nitrogens with zero attached hydrogens (tertiary/aromatic N) is 5. The second-order valence-corrected chi connectivity index (χ2v) is 10.6. The van der Waals surface area contributed by atoms with Gasteiger partial charge < -0.3 is 9.88 Å². The highest BCUT2D eigenvalue weighted by Crippen LogP contribution is 2.26. The van der Waals surface area contributed by atoms with Gasteiger partial charge in [0, 0.05) is 41.1 Å². The Labute approximate surface area is 248 Å². The van der Waals surface area contributed by atoms with E-state index >= 15 is 0 Å². The van der Waals surface area contributed by atoms with Gasteiger partial charge in [-0.1, -0.05) is 39.0 Å². The van der Waals surface area contributed by atoms with Crippen molar-refractivity contribution in [3.05, 3.63) is 99.7 Å². The maximum Gasteiger partial charge on any atom is 0.294 e. The van der Waals surface area contributed by atoms with Crippen LogP contribution in [0.5, 0.6) is 0 Å². The minimum absolute atomic E-state index is 0.0219. The van der Waals surface area contributed by atoms with Gasteiger partial charge in [0.25, 0.3) is 5.56 Å². The first-order chi connectivity index (χ1) is 20.6. The van der Waals surface area contributed by atoms with Gasteiger partial charge in [-0.25, -0.2) is 19.3 Å². The molecule has 0 spiro atoms. The lowest BCUT2D eigenvalue weighted by Gasteiger charge is -2.16. The Morgan fingerprint density at radius 1 is 1.05 bits per heavy atom. The van der Waals surface area contributed by atoms with Crippen molar-refractivity contribution in [2.75, 3.05) is 5.32 Å². The molecule has 2 aromatic carbocycles. The van der Waals surface area contributed by atoms with Crippen molar-refractivity contribution in [1.82, 2.24) is 24.1 Å². The summed E-state index contributed by atoms with van der Waals surface area (Å²) in [4.78, 5) is 52.6. The number of rotatable bonds is 9. The number of carbonyl (C=O) groups excluding carboxylic acids is 2. The van der Waals surface area contributed by atoms with Gasteiger partial charge in [0.05, 0.1) is 29.6 Å². The summed E-state index contributed by atoms with van der Waals surface area (Å²) in [6, 6.07) is 13.4. The Hall–Kier alpha value is -4.99. The lowest BCUT2D eigenvalue weighted by Crippen LogP contribution is -2.31. The van der Waals surface area contributed by atoms with Crippen LogP contribution in [0.3, 0.4) is 0 Å². The molecule has 220 valence electrons. The molecule has 1 amide bonds. The summed E-state index contributed by atoms with van der Waals surface area (Å²) in [5, 5.41) is 3.45. The molecule has 1 atom stereocenters. The molecule has 0 saturated heterocycles. The molecule has 0 aliphatic heterocycles. The number of fused-ring (bicyclic) bond motifs is 1. The molecule has 0 radical (unpaired) electrons. The first kappa shape index (κ1) is 29.5. The van der Waals surface area contributed by atoms with Gasteiger partial charge in [-0.2, -0.15) is 0 Å². The lowest BCUT2D eigenvalue weighted by atomic mass is 10.0. The number of nitrogens with one attached hydrogen (secondary N) is 1. The number of hydrogen-bond acceptors (Lipinski definition) is 6. The highest BCUT2D eigenvalue weighted by atomic mass is 19.1. The zero-order valence-electron chi connectivity index (χ0n) is 24.8. The fourth-order valence-electron chi connectivity index (χ4n) is 4.98. The second kappa shape index (κ2) is 12.1. The van der Waals surface area contributed by atoms with Crippen LogP contribution in [0.15, 0.2) is 65.7 Å². The molecular formula is C33H33FN6O3. The van der Waals surface area contributed by atoms with E-state index in [0.717, 1.165) is 16.5 Å². The van der Waals surface area contributed by atoms with Crippen molar-refractivity contribution in [3.63, 3.8) is 0 Å². The Morgan fingerprint density at radius 3 is 2.58 bits per heavy atom. The molecule has 0 unspecified atom stereocenters. The number of aromatic nitrogens is 5. The number of aryl methyl sites for hydroxylation is 2. The molecule has 0 fully saturated rings. The number of amides is 1. The van der Waals surface area contributed by atoms with Gasteiger partial charge >= 0.3 is 0 Å². The van der Waals surface area contributed by atoms with E-state index in [9.17, 15) is 18.8 Å². The lowest BCUT2D eigenvalue weighted by molar-refractivity contribution is -0.119. The Morgan fingerprint density at radius 2 is 1.84 bits per heavy atom. The molecule has 5 aromatic rings. The molecule has 0 aliphatic rings. The van der Waals surface area contributed by atoms with Crippen LogP contribution in [0.2, 0.25) is 0 Å². The molecule has 0 saturated carbocycles. The van der Waals surface area contributed by atoms with Gasteiger partial charge in [-0.05, 0) is 50.1 Å². The molecule has 5 rings (SSSR count). The highest BCUT2D eigenvalue weighted by Gasteiger charge is 2.19. The van der Waals surface area contributed by atoms with Crippen molar-refractivity contribution in [1.29, 1.82) is 0 Å². The molecule has 43 heavy (non-hydrogen) atoms. The largest absolute Gasteiger partial charge is 0.306 e. The monoisotopic (exact) mass is 580 g/mol. The maximum absolute atomic E-state index is 14.0. The van der Waals surface area contributed by atoms with Gasteiger partial charge in [-0.15, -0.1) is 0 Å². The number of hydrogen-bond donors (Lipinski definition) is 1. The molecule has 9 nitrogen and oxygen atoms in total. The molecule has 1 N–H and O–H groups in total. The van der Waals surface area contributed by atoms with Crippen LogP contribution >= 0.6 is 0 Å². The molecule has 3 heterocycles. The summed E-state index contributed by atoms with van der Waals surface area (Å²) in [6.07, 6.45) is 4.37. The van der Waals surface area contributed by atoms with Crippen LogP contribution < -0.4 is 10.9 Å². The van der Waals surface area contributed by atoms with Crippen molar-refractivity contribution in [2.45, 2.75) is 54.0 Å². The topological polar surface area (TPSA) is 112 Å². The van der Waals surface area contributed by atoms with Crippen molar-refractivity contribution in [2.24, 2.45) is 5.92 Å². The van der Waals surface area contributed by atoms with E-state index in [1.165, 1.54) is 22.9 Å². The summed E-state index contributed by atoms with van der Waals surface area (Å²) in [6.45, 7) is 9.18. The second-order valence-electron chi connectivity index (χ2n) is 10.6.